The van der Waals surface area contributed by atoms with Gasteiger partial charge in [-0.15, -0.1) is 0 Å². The highest BCUT2D eigenvalue weighted by molar-refractivity contribution is 6.00. The van der Waals surface area contributed by atoms with E-state index in [1.165, 1.54) is 29.6 Å². The van der Waals surface area contributed by atoms with Gasteiger partial charge >= 0.3 is 6.18 Å². The molecule has 204 valence electrons. The standard InChI is InChI=1S/C30H26F3N5O2/c1-40-23-11-9-21(10-12-23)26-17-27(30(31,32)33)38-28(35-26)25(18-34-38)29(39)37-15-13-36(14-16-37)19-22-7-4-6-20-5-2-3-8-24(20)22/h2-12,17-18H,13-16,19H2,1H3. The summed E-state index contributed by atoms with van der Waals surface area (Å²) in [6.07, 6.45) is -3.51. The van der Waals surface area contributed by atoms with Crippen LogP contribution in [0, 0.1) is 0 Å². The number of piperazine rings is 1. The Morgan fingerprint density at radius 2 is 1.68 bits per heavy atom. The fraction of sp³-hybridized carbons (Fsp3) is 0.233. The van der Waals surface area contributed by atoms with Crippen LogP contribution in [0.25, 0.3) is 27.7 Å². The summed E-state index contributed by atoms with van der Waals surface area (Å²) >= 11 is 0. The maximum Gasteiger partial charge on any atom is 0.433 e. The van der Waals surface area contributed by atoms with Crippen LogP contribution in [0.15, 0.2) is 79.0 Å². The van der Waals surface area contributed by atoms with Crippen molar-refractivity contribution in [3.63, 3.8) is 0 Å². The van der Waals surface area contributed by atoms with Gasteiger partial charge in [0.1, 0.15) is 11.3 Å². The van der Waals surface area contributed by atoms with Gasteiger partial charge in [-0.1, -0.05) is 42.5 Å². The highest BCUT2D eigenvalue weighted by Crippen LogP contribution is 2.33. The van der Waals surface area contributed by atoms with Crippen LogP contribution in [-0.2, 0) is 12.7 Å². The highest BCUT2D eigenvalue weighted by atomic mass is 19.4. The molecule has 0 unspecified atom stereocenters. The number of carbonyl (C=O) groups excluding carboxylic acids is 1. The Morgan fingerprint density at radius 1 is 0.950 bits per heavy atom. The SMILES string of the molecule is COc1ccc(-c2cc(C(F)(F)F)n3ncc(C(=O)N4CCN(Cc5cccc6ccccc56)CC4)c3n2)cc1. The van der Waals surface area contributed by atoms with Crippen LogP contribution in [0.2, 0.25) is 0 Å². The number of ether oxygens (including phenoxy) is 1. The molecule has 2 aromatic heterocycles. The van der Waals surface area contributed by atoms with E-state index in [1.54, 1.807) is 29.2 Å². The molecular formula is C30H26F3N5O2. The van der Waals surface area contributed by atoms with Crippen LogP contribution in [0.5, 0.6) is 5.75 Å². The number of hydrogen-bond acceptors (Lipinski definition) is 5. The van der Waals surface area contributed by atoms with E-state index in [9.17, 15) is 18.0 Å². The van der Waals surface area contributed by atoms with Crippen molar-refractivity contribution in [2.75, 3.05) is 33.3 Å². The molecule has 1 aliphatic heterocycles. The second-order valence-corrected chi connectivity index (χ2v) is 9.75. The largest absolute Gasteiger partial charge is 0.497 e. The molecule has 1 fully saturated rings. The average molecular weight is 546 g/mol. The summed E-state index contributed by atoms with van der Waals surface area (Å²) < 4.78 is 47.9. The summed E-state index contributed by atoms with van der Waals surface area (Å²) in [4.78, 5) is 21.9. The quantitative estimate of drug-likeness (QED) is 0.291. The van der Waals surface area contributed by atoms with E-state index < -0.39 is 11.9 Å². The van der Waals surface area contributed by atoms with Gasteiger partial charge in [0.15, 0.2) is 11.3 Å². The van der Waals surface area contributed by atoms with E-state index >= 15 is 0 Å². The number of hydrogen-bond donors (Lipinski definition) is 0. The van der Waals surface area contributed by atoms with E-state index in [0.717, 1.165) is 12.6 Å². The number of fused-ring (bicyclic) bond motifs is 2. The molecule has 0 saturated carbocycles. The van der Waals surface area contributed by atoms with Gasteiger partial charge in [-0.3, -0.25) is 9.69 Å². The molecule has 0 N–H and O–H groups in total. The number of aromatic nitrogens is 3. The molecule has 1 aliphatic rings. The molecule has 0 spiro atoms. The lowest BCUT2D eigenvalue weighted by Gasteiger charge is -2.34. The Hall–Kier alpha value is -4.44. The number of rotatable bonds is 5. The molecule has 1 amide bonds. The van der Waals surface area contributed by atoms with Crippen molar-refractivity contribution < 1.29 is 22.7 Å². The molecule has 0 atom stereocenters. The summed E-state index contributed by atoms with van der Waals surface area (Å²) in [6, 6.07) is 22.0. The Balaban J connectivity index is 1.25. The lowest BCUT2D eigenvalue weighted by atomic mass is 10.0. The molecule has 1 saturated heterocycles. The monoisotopic (exact) mass is 545 g/mol. The number of methoxy groups -OCH3 is 1. The predicted molar refractivity (Wildman–Crippen MR) is 145 cm³/mol. The Bertz CT molecular complexity index is 1680. The zero-order valence-electron chi connectivity index (χ0n) is 21.7. The van der Waals surface area contributed by atoms with Gasteiger partial charge in [0.25, 0.3) is 5.91 Å². The molecule has 6 rings (SSSR count). The Kier molecular flexibility index (Phi) is 6.63. The zero-order chi connectivity index (χ0) is 27.9. The lowest BCUT2D eigenvalue weighted by Crippen LogP contribution is -2.48. The molecule has 0 radical (unpaired) electrons. The molecule has 7 nitrogen and oxygen atoms in total. The van der Waals surface area contributed by atoms with Crippen molar-refractivity contribution in [1.82, 2.24) is 24.4 Å². The summed E-state index contributed by atoms with van der Waals surface area (Å²) in [5.74, 6) is 0.188. The van der Waals surface area contributed by atoms with Gasteiger partial charge in [-0.05, 0) is 46.7 Å². The van der Waals surface area contributed by atoms with Crippen molar-refractivity contribution in [1.29, 1.82) is 0 Å². The third kappa shape index (κ3) is 4.86. The molecule has 10 heteroatoms. The second-order valence-electron chi connectivity index (χ2n) is 9.75. The van der Waals surface area contributed by atoms with Gasteiger partial charge in [-0.25, -0.2) is 9.50 Å². The van der Waals surface area contributed by atoms with Crippen molar-refractivity contribution in [2.24, 2.45) is 0 Å². The number of halogens is 3. The summed E-state index contributed by atoms with van der Waals surface area (Å²) in [6.45, 7) is 2.94. The van der Waals surface area contributed by atoms with Crippen molar-refractivity contribution in [3.05, 3.63) is 95.8 Å². The summed E-state index contributed by atoms with van der Waals surface area (Å²) in [7, 11) is 1.51. The minimum atomic E-state index is -4.69. The van der Waals surface area contributed by atoms with Crippen LogP contribution < -0.4 is 4.74 Å². The van der Waals surface area contributed by atoms with Crippen LogP contribution in [0.4, 0.5) is 13.2 Å². The number of amides is 1. The average Bonchev–Trinajstić information content (AvgIpc) is 3.40. The molecule has 3 aromatic carbocycles. The molecule has 0 bridgehead atoms. The first-order chi connectivity index (χ1) is 19.3. The van der Waals surface area contributed by atoms with E-state index in [1.807, 2.05) is 18.2 Å². The molecule has 0 aliphatic carbocycles. The van der Waals surface area contributed by atoms with Gasteiger partial charge in [0.05, 0.1) is 19.0 Å². The molecule has 3 heterocycles. The third-order valence-electron chi connectivity index (χ3n) is 7.31. The van der Waals surface area contributed by atoms with E-state index in [2.05, 4.69) is 39.2 Å². The first-order valence-corrected chi connectivity index (χ1v) is 12.9. The molecule has 5 aromatic rings. The van der Waals surface area contributed by atoms with Gasteiger partial charge in [0.2, 0.25) is 0 Å². The van der Waals surface area contributed by atoms with E-state index in [4.69, 9.17) is 4.74 Å². The fourth-order valence-electron chi connectivity index (χ4n) is 5.18. The number of nitrogens with zero attached hydrogens (tertiary/aromatic N) is 5. The van der Waals surface area contributed by atoms with Crippen LogP contribution in [0.3, 0.4) is 0 Å². The van der Waals surface area contributed by atoms with Crippen molar-refractivity contribution >= 4 is 22.3 Å². The molecular weight excluding hydrogens is 519 g/mol. The van der Waals surface area contributed by atoms with Gasteiger partial charge in [0, 0.05) is 38.3 Å². The van der Waals surface area contributed by atoms with Gasteiger partial charge in [-0.2, -0.15) is 18.3 Å². The maximum absolute atomic E-state index is 14.0. The lowest BCUT2D eigenvalue weighted by molar-refractivity contribution is -0.142. The number of benzene rings is 3. The van der Waals surface area contributed by atoms with Crippen molar-refractivity contribution in [2.45, 2.75) is 12.7 Å². The minimum absolute atomic E-state index is 0.0448. The number of carbonyl (C=O) groups is 1. The number of alkyl halides is 3. The van der Waals surface area contributed by atoms with Gasteiger partial charge < -0.3 is 9.64 Å². The first-order valence-electron chi connectivity index (χ1n) is 12.9. The van der Waals surface area contributed by atoms with Crippen LogP contribution in [-0.4, -0.2) is 63.6 Å². The summed E-state index contributed by atoms with van der Waals surface area (Å²) in [5.41, 5.74) is 0.706. The zero-order valence-corrected chi connectivity index (χ0v) is 21.7. The normalized spacial score (nSPS) is 14.7. The Morgan fingerprint density at radius 3 is 2.40 bits per heavy atom. The van der Waals surface area contributed by atoms with Crippen LogP contribution >= 0.6 is 0 Å². The molecule has 40 heavy (non-hydrogen) atoms. The van der Waals surface area contributed by atoms with E-state index in [-0.39, 0.29) is 22.8 Å². The first kappa shape index (κ1) is 25.8. The third-order valence-corrected chi connectivity index (χ3v) is 7.31. The smallest absolute Gasteiger partial charge is 0.433 e. The second kappa shape index (κ2) is 10.3. The minimum Gasteiger partial charge on any atom is -0.497 e. The fourth-order valence-corrected chi connectivity index (χ4v) is 5.18. The highest BCUT2D eigenvalue weighted by Gasteiger charge is 2.36. The summed E-state index contributed by atoms with van der Waals surface area (Å²) in [5, 5.41) is 6.30. The predicted octanol–water partition coefficient (Wildman–Crippen LogP) is 5.53. The Labute approximate surface area is 228 Å². The topological polar surface area (TPSA) is 63.0 Å². The maximum atomic E-state index is 14.0. The van der Waals surface area contributed by atoms with Crippen molar-refractivity contribution in [3.8, 4) is 17.0 Å². The van der Waals surface area contributed by atoms with E-state index in [0.29, 0.717) is 42.0 Å². The van der Waals surface area contributed by atoms with Crippen LogP contribution in [0.1, 0.15) is 21.6 Å².